The smallest absolute Gasteiger partial charge is 0.322 e. The summed E-state index contributed by atoms with van der Waals surface area (Å²) in [5.74, 6) is -0.970. The fourth-order valence-corrected chi connectivity index (χ4v) is 3.61. The highest BCUT2D eigenvalue weighted by Gasteiger charge is 2.53. The van der Waals surface area contributed by atoms with Crippen molar-refractivity contribution >= 4 is 15.8 Å². The van der Waals surface area contributed by atoms with Crippen molar-refractivity contribution in [3.05, 3.63) is 35.9 Å². The van der Waals surface area contributed by atoms with Crippen molar-refractivity contribution in [1.29, 1.82) is 0 Å². The van der Waals surface area contributed by atoms with Crippen LogP contribution in [0.4, 0.5) is 0 Å². The number of rotatable bonds is 8. The maximum atomic E-state index is 11.9. The molecule has 122 valence electrons. The molecule has 0 radical (unpaired) electrons. The van der Waals surface area contributed by atoms with Gasteiger partial charge in [-0.25, -0.2) is 18.9 Å². The third kappa shape index (κ3) is 3.66. The van der Waals surface area contributed by atoms with Gasteiger partial charge in [-0.05, 0) is 24.8 Å². The lowest BCUT2D eigenvalue weighted by molar-refractivity contribution is -0.144. The minimum absolute atomic E-state index is 0.316. The van der Waals surface area contributed by atoms with Crippen LogP contribution in [0.15, 0.2) is 30.3 Å². The number of carboxylic acids is 1. The average Bonchev–Trinajstić information content (AvgIpc) is 3.24. The lowest BCUT2D eigenvalue weighted by atomic mass is 10.1. The molecular formula is C15H22N2O4S. The SMILES string of the molecule is CCN(NC1(S(C)(=O)=O)CC1)C(Cc1ccccc1)C(=O)O. The van der Waals surface area contributed by atoms with Crippen molar-refractivity contribution in [2.75, 3.05) is 12.8 Å². The van der Waals surface area contributed by atoms with Crippen molar-refractivity contribution < 1.29 is 18.3 Å². The van der Waals surface area contributed by atoms with Crippen LogP contribution in [0.1, 0.15) is 25.3 Å². The van der Waals surface area contributed by atoms with Crippen molar-refractivity contribution in [2.24, 2.45) is 0 Å². The third-order valence-electron chi connectivity index (χ3n) is 4.04. The molecule has 1 aliphatic carbocycles. The zero-order valence-electron chi connectivity index (χ0n) is 12.8. The Balaban J connectivity index is 2.17. The van der Waals surface area contributed by atoms with Crippen LogP contribution in [-0.4, -0.2) is 48.2 Å². The summed E-state index contributed by atoms with van der Waals surface area (Å²) in [6, 6.07) is 8.51. The van der Waals surface area contributed by atoms with Gasteiger partial charge in [0, 0.05) is 12.8 Å². The number of likely N-dealkylation sites (N-methyl/N-ethyl adjacent to an activating group) is 1. The predicted octanol–water partition coefficient (Wildman–Crippen LogP) is 1.04. The first kappa shape index (κ1) is 16.9. The van der Waals surface area contributed by atoms with E-state index in [0.717, 1.165) is 5.56 Å². The van der Waals surface area contributed by atoms with Gasteiger partial charge in [-0.1, -0.05) is 37.3 Å². The van der Waals surface area contributed by atoms with Crippen molar-refractivity contribution in [1.82, 2.24) is 10.4 Å². The summed E-state index contributed by atoms with van der Waals surface area (Å²) in [5.41, 5.74) is 3.86. The van der Waals surface area contributed by atoms with E-state index in [1.54, 1.807) is 0 Å². The van der Waals surface area contributed by atoms with E-state index in [-0.39, 0.29) is 0 Å². The van der Waals surface area contributed by atoms with Crippen LogP contribution < -0.4 is 5.43 Å². The monoisotopic (exact) mass is 326 g/mol. The summed E-state index contributed by atoms with van der Waals surface area (Å²) in [5, 5.41) is 11.1. The molecule has 0 spiro atoms. The molecule has 1 aromatic carbocycles. The zero-order chi connectivity index (χ0) is 16.4. The highest BCUT2D eigenvalue weighted by Crippen LogP contribution is 2.40. The second-order valence-corrected chi connectivity index (χ2v) is 8.03. The Bertz CT molecular complexity index is 626. The molecule has 0 amide bonds. The summed E-state index contributed by atoms with van der Waals surface area (Å²) >= 11 is 0. The Morgan fingerprint density at radius 3 is 2.36 bits per heavy atom. The number of carbonyl (C=O) groups is 1. The lowest BCUT2D eigenvalue weighted by Gasteiger charge is -2.32. The molecule has 2 N–H and O–H groups in total. The van der Waals surface area contributed by atoms with E-state index in [2.05, 4.69) is 5.43 Å². The summed E-state index contributed by atoms with van der Waals surface area (Å²) in [6.45, 7) is 2.22. The van der Waals surface area contributed by atoms with Gasteiger partial charge in [0.05, 0.1) is 0 Å². The highest BCUT2D eigenvalue weighted by atomic mass is 32.2. The summed E-state index contributed by atoms with van der Waals surface area (Å²) < 4.78 is 23.8. The van der Waals surface area contributed by atoms with Gasteiger partial charge < -0.3 is 5.11 Å². The molecule has 1 saturated carbocycles. The summed E-state index contributed by atoms with van der Waals surface area (Å²) in [4.78, 5) is 10.6. The van der Waals surface area contributed by atoms with Crippen LogP contribution in [-0.2, 0) is 21.1 Å². The Labute approximate surface area is 131 Å². The molecule has 0 aromatic heterocycles. The number of sulfone groups is 1. The normalized spacial score (nSPS) is 18.1. The molecule has 0 aliphatic heterocycles. The van der Waals surface area contributed by atoms with Gasteiger partial charge in [0.15, 0.2) is 9.84 Å². The van der Waals surface area contributed by atoms with Crippen LogP contribution in [0, 0.1) is 0 Å². The molecule has 7 heteroatoms. The van der Waals surface area contributed by atoms with Crippen LogP contribution in [0.5, 0.6) is 0 Å². The topological polar surface area (TPSA) is 86.7 Å². The van der Waals surface area contributed by atoms with E-state index in [9.17, 15) is 18.3 Å². The first-order valence-corrected chi connectivity index (χ1v) is 9.19. The van der Waals surface area contributed by atoms with Crippen LogP contribution in [0.25, 0.3) is 0 Å². The molecule has 1 aromatic rings. The van der Waals surface area contributed by atoms with Gasteiger partial charge in [0.1, 0.15) is 10.9 Å². The maximum Gasteiger partial charge on any atom is 0.322 e. The molecule has 1 fully saturated rings. The van der Waals surface area contributed by atoms with Gasteiger partial charge in [-0.2, -0.15) is 0 Å². The van der Waals surface area contributed by atoms with Crippen LogP contribution >= 0.6 is 0 Å². The largest absolute Gasteiger partial charge is 0.480 e. The molecule has 22 heavy (non-hydrogen) atoms. The third-order valence-corrected chi connectivity index (χ3v) is 5.95. The number of hydrogen-bond donors (Lipinski definition) is 2. The van der Waals surface area contributed by atoms with Gasteiger partial charge in [-0.15, -0.1) is 0 Å². The first-order chi connectivity index (χ1) is 10.3. The van der Waals surface area contributed by atoms with E-state index < -0.39 is 26.7 Å². The number of benzene rings is 1. The number of aliphatic carboxylic acids is 1. The Morgan fingerprint density at radius 2 is 1.95 bits per heavy atom. The van der Waals surface area contributed by atoms with E-state index in [4.69, 9.17) is 0 Å². The van der Waals surface area contributed by atoms with Crippen molar-refractivity contribution in [3.63, 3.8) is 0 Å². The van der Waals surface area contributed by atoms with E-state index >= 15 is 0 Å². The predicted molar refractivity (Wildman–Crippen MR) is 83.9 cm³/mol. The Morgan fingerprint density at radius 1 is 1.36 bits per heavy atom. The fraction of sp³-hybridized carbons (Fsp3) is 0.533. The minimum Gasteiger partial charge on any atom is -0.480 e. The van der Waals surface area contributed by atoms with Crippen molar-refractivity contribution in [3.8, 4) is 0 Å². The number of nitrogens with zero attached hydrogens (tertiary/aromatic N) is 1. The molecule has 1 atom stereocenters. The standard InChI is InChI=1S/C15H22N2O4S/c1-3-17(16-15(9-10-15)22(2,20)21)13(14(18)19)11-12-7-5-4-6-8-12/h4-8,13,16H,3,9-11H2,1-2H3,(H,18,19). The molecule has 2 rings (SSSR count). The summed E-state index contributed by atoms with van der Waals surface area (Å²) in [7, 11) is -3.27. The molecule has 6 nitrogen and oxygen atoms in total. The Hall–Kier alpha value is -1.44. The van der Waals surface area contributed by atoms with Crippen LogP contribution in [0.2, 0.25) is 0 Å². The Kier molecular flexibility index (Phi) is 4.89. The molecule has 0 saturated heterocycles. The van der Waals surface area contributed by atoms with E-state index in [1.807, 2.05) is 37.3 Å². The fourth-order valence-electron chi connectivity index (χ4n) is 2.49. The molecule has 0 bridgehead atoms. The molecular weight excluding hydrogens is 304 g/mol. The highest BCUT2D eigenvalue weighted by molar-refractivity contribution is 7.92. The maximum absolute atomic E-state index is 11.9. The first-order valence-electron chi connectivity index (χ1n) is 7.30. The van der Waals surface area contributed by atoms with Crippen molar-refractivity contribution in [2.45, 2.75) is 37.1 Å². The average molecular weight is 326 g/mol. The number of hydrazine groups is 1. The van der Waals surface area contributed by atoms with Gasteiger partial charge >= 0.3 is 5.97 Å². The van der Waals surface area contributed by atoms with Crippen LogP contribution in [0.3, 0.4) is 0 Å². The zero-order valence-corrected chi connectivity index (χ0v) is 13.6. The summed E-state index contributed by atoms with van der Waals surface area (Å²) in [6.07, 6.45) is 2.53. The van der Waals surface area contributed by atoms with Gasteiger partial charge in [0.2, 0.25) is 0 Å². The molecule has 0 heterocycles. The van der Waals surface area contributed by atoms with Gasteiger partial charge in [-0.3, -0.25) is 4.79 Å². The number of carboxylic acid groups (broad SMARTS) is 1. The lowest BCUT2D eigenvalue weighted by Crippen LogP contribution is -2.57. The number of nitrogens with one attached hydrogen (secondary N) is 1. The quantitative estimate of drug-likeness (QED) is 0.694. The second kappa shape index (κ2) is 6.36. The molecule has 1 unspecified atom stereocenters. The van der Waals surface area contributed by atoms with Gasteiger partial charge in [0.25, 0.3) is 0 Å². The van der Waals surface area contributed by atoms with E-state index in [1.165, 1.54) is 11.3 Å². The minimum atomic E-state index is -3.27. The molecule has 1 aliphatic rings. The number of hydrogen-bond acceptors (Lipinski definition) is 5. The second-order valence-electron chi connectivity index (χ2n) is 5.71. The van der Waals surface area contributed by atoms with E-state index in [0.29, 0.717) is 25.8 Å².